The minimum atomic E-state index is -1.91. The number of carboxylic acid groups (broad SMARTS) is 1. The third-order valence-corrected chi connectivity index (χ3v) is 20.1. The number of nitrogens with zero attached hydrogens (tertiary/aromatic N) is 4. The summed E-state index contributed by atoms with van der Waals surface area (Å²) in [6.07, 6.45) is -2.00. The molecule has 45 heteroatoms. The lowest BCUT2D eigenvalue weighted by Crippen LogP contribution is -2.62. The average molecular weight is 1750 g/mol. The molecule has 28 N–H and O–H groups in total. The highest BCUT2D eigenvalue weighted by atomic mass is 16.4. The van der Waals surface area contributed by atoms with E-state index in [4.69, 9.17) is 28.7 Å². The Kier molecular flexibility index (Phi) is 44.5. The number of amides is 17. The van der Waals surface area contributed by atoms with Crippen molar-refractivity contribution in [1.82, 2.24) is 88.9 Å². The number of carbonyl (C=O) groups excluding carboxylic acids is 17. The molecule has 17 atom stereocenters. The summed E-state index contributed by atoms with van der Waals surface area (Å²) in [7, 11) is 0. The van der Waals surface area contributed by atoms with Crippen LogP contribution < -0.4 is 97.8 Å². The predicted octanol–water partition coefficient (Wildman–Crippen LogP) is -7.28. The molecule has 2 aliphatic rings. The van der Waals surface area contributed by atoms with Gasteiger partial charge in [0.15, 0.2) is 12.0 Å². The molecule has 3 rings (SSSR count). The summed E-state index contributed by atoms with van der Waals surface area (Å²) in [5.74, 6) is -20.2. The Bertz CT molecular complexity index is 3820. The molecule has 1 aromatic rings. The van der Waals surface area contributed by atoms with Crippen LogP contribution in [0.4, 0.5) is 0 Å². The maximum atomic E-state index is 14.6. The normalized spacial score (nSPS) is 17.6. The van der Waals surface area contributed by atoms with E-state index in [0.29, 0.717) is 12.1 Å². The summed E-state index contributed by atoms with van der Waals surface area (Å²) < 4.78 is 0. The summed E-state index contributed by atoms with van der Waals surface area (Å²) in [6.45, 7) is 21.0. The number of guanidine groups is 1. The van der Waals surface area contributed by atoms with Gasteiger partial charge in [0, 0.05) is 44.4 Å². The highest BCUT2D eigenvalue weighted by Gasteiger charge is 2.44. The Morgan fingerprint density at radius 2 is 0.862 bits per heavy atom. The number of aromatic nitrogens is 2. The molecule has 2 fully saturated rings. The summed E-state index contributed by atoms with van der Waals surface area (Å²) in [5, 5.41) is 73.1. The van der Waals surface area contributed by atoms with E-state index in [0.717, 1.165) is 18.7 Å². The van der Waals surface area contributed by atoms with Crippen LogP contribution in [0.1, 0.15) is 186 Å². The molecule has 123 heavy (non-hydrogen) atoms. The number of nitrogens with two attached hydrogens (primary N) is 5. The second-order valence-corrected chi connectivity index (χ2v) is 33.6. The maximum Gasteiger partial charge on any atom is 0.328 e. The van der Waals surface area contributed by atoms with Crippen LogP contribution in [-0.4, -0.2) is 288 Å². The molecule has 0 unspecified atom stereocenters. The molecular formula is C78H133N23O22. The van der Waals surface area contributed by atoms with E-state index in [1.807, 2.05) is 0 Å². The zero-order valence-corrected chi connectivity index (χ0v) is 72.7. The largest absolute Gasteiger partial charge is 0.480 e. The van der Waals surface area contributed by atoms with E-state index in [2.05, 4.69) is 84.1 Å². The molecule has 17 amide bonds. The van der Waals surface area contributed by atoms with Crippen LogP contribution in [0, 0.1) is 35.5 Å². The number of aliphatic hydroxyl groups is 3. The zero-order valence-electron chi connectivity index (χ0n) is 72.7. The number of hydrogen-bond acceptors (Lipinski definition) is 24. The quantitative estimate of drug-likeness (QED) is 0.0164. The van der Waals surface area contributed by atoms with Crippen molar-refractivity contribution in [2.45, 2.75) is 290 Å². The molecular weight excluding hydrogens is 1610 g/mol. The average Bonchev–Trinajstić information content (AvgIpc) is 1.74. The summed E-state index contributed by atoms with van der Waals surface area (Å²) in [5.41, 5.74) is 28.2. The van der Waals surface area contributed by atoms with Gasteiger partial charge in [-0.2, -0.15) is 0 Å². The first-order valence-corrected chi connectivity index (χ1v) is 41.6. The molecule has 2 aliphatic heterocycles. The van der Waals surface area contributed by atoms with Crippen molar-refractivity contribution in [1.29, 1.82) is 0 Å². The Morgan fingerprint density at radius 1 is 0.472 bits per heavy atom. The van der Waals surface area contributed by atoms with Gasteiger partial charge in [-0.15, -0.1) is 0 Å². The number of nitrogens with one attached hydrogen (secondary N) is 14. The Balaban J connectivity index is 1.86. The van der Waals surface area contributed by atoms with Crippen LogP contribution in [-0.2, 0) is 92.7 Å². The van der Waals surface area contributed by atoms with E-state index in [1.54, 1.807) is 83.1 Å². The number of rotatable bonds is 53. The number of carboxylic acids is 1. The number of likely N-dealkylation sites (tertiary alicyclic amines) is 2. The first kappa shape index (κ1) is 106. The summed E-state index contributed by atoms with van der Waals surface area (Å²) >= 11 is 0. The summed E-state index contributed by atoms with van der Waals surface area (Å²) in [6, 6.07) is -22.0. The molecule has 692 valence electrons. The van der Waals surface area contributed by atoms with Crippen molar-refractivity contribution >= 4 is 112 Å². The van der Waals surface area contributed by atoms with E-state index < -0.39 is 253 Å². The second-order valence-electron chi connectivity index (χ2n) is 33.6. The van der Waals surface area contributed by atoms with Gasteiger partial charge in [-0.25, -0.2) is 9.78 Å². The molecule has 45 nitrogen and oxygen atoms in total. The fraction of sp³-hybridized carbons (Fsp3) is 0.718. The van der Waals surface area contributed by atoms with Crippen molar-refractivity contribution < 1.29 is 107 Å². The van der Waals surface area contributed by atoms with Crippen LogP contribution in [0.15, 0.2) is 17.5 Å². The van der Waals surface area contributed by atoms with E-state index in [-0.39, 0.29) is 113 Å². The lowest BCUT2D eigenvalue weighted by molar-refractivity contribution is -0.147. The van der Waals surface area contributed by atoms with Crippen molar-refractivity contribution in [2.24, 2.45) is 69.2 Å². The van der Waals surface area contributed by atoms with Crippen LogP contribution >= 0.6 is 0 Å². The number of imidazole rings is 1. The molecule has 0 saturated carbocycles. The Labute approximate surface area is 715 Å². The van der Waals surface area contributed by atoms with Gasteiger partial charge in [0.2, 0.25) is 100 Å². The van der Waals surface area contributed by atoms with Crippen LogP contribution in [0.5, 0.6) is 0 Å². The zero-order chi connectivity index (χ0) is 93.1. The van der Waals surface area contributed by atoms with Crippen molar-refractivity contribution in [3.63, 3.8) is 0 Å². The monoisotopic (exact) mass is 1740 g/mol. The molecule has 3 heterocycles. The lowest BCUT2D eigenvalue weighted by Gasteiger charge is -2.31. The molecule has 0 aromatic carbocycles. The third-order valence-electron chi connectivity index (χ3n) is 20.1. The van der Waals surface area contributed by atoms with Gasteiger partial charge >= 0.3 is 5.97 Å². The number of carbonyl (C=O) groups is 18. The second kappa shape index (κ2) is 51.6. The number of aliphatic hydroxyl groups excluding tert-OH is 3. The molecule has 2 saturated heterocycles. The van der Waals surface area contributed by atoms with Gasteiger partial charge < -0.3 is 133 Å². The van der Waals surface area contributed by atoms with Crippen molar-refractivity contribution in [3.05, 3.63) is 18.2 Å². The van der Waals surface area contributed by atoms with E-state index in [1.165, 1.54) is 17.4 Å². The number of hydrogen-bond donors (Lipinski definition) is 23. The fourth-order valence-corrected chi connectivity index (χ4v) is 13.7. The number of aromatic amines is 1. The third kappa shape index (κ3) is 36.0. The Morgan fingerprint density at radius 3 is 1.28 bits per heavy atom. The van der Waals surface area contributed by atoms with E-state index >= 15 is 0 Å². The van der Waals surface area contributed by atoms with Crippen LogP contribution in [0.3, 0.4) is 0 Å². The topological polar surface area (TPSA) is 722 Å². The van der Waals surface area contributed by atoms with Gasteiger partial charge in [-0.05, 0) is 120 Å². The van der Waals surface area contributed by atoms with E-state index in [9.17, 15) is 107 Å². The predicted molar refractivity (Wildman–Crippen MR) is 444 cm³/mol. The highest BCUT2D eigenvalue weighted by molar-refractivity contribution is 6.01. The van der Waals surface area contributed by atoms with Gasteiger partial charge in [0.05, 0.1) is 38.1 Å². The first-order chi connectivity index (χ1) is 57.5. The van der Waals surface area contributed by atoms with Crippen molar-refractivity contribution in [3.8, 4) is 0 Å². The summed E-state index contributed by atoms with van der Waals surface area (Å²) in [4.78, 5) is 261. The van der Waals surface area contributed by atoms with Crippen LogP contribution in [0.25, 0.3) is 0 Å². The number of aliphatic carboxylic acids is 1. The number of H-pyrrole nitrogens is 1. The molecule has 0 radical (unpaired) electrons. The van der Waals surface area contributed by atoms with Gasteiger partial charge in [0.1, 0.15) is 84.6 Å². The maximum absolute atomic E-state index is 14.6. The lowest BCUT2D eigenvalue weighted by atomic mass is 9.98. The van der Waals surface area contributed by atoms with Gasteiger partial charge in [-0.1, -0.05) is 83.1 Å². The minimum absolute atomic E-state index is 0.0130. The molecule has 1 aromatic heterocycles. The van der Waals surface area contributed by atoms with Gasteiger partial charge in [0.25, 0.3) is 0 Å². The van der Waals surface area contributed by atoms with Crippen molar-refractivity contribution in [2.75, 3.05) is 32.8 Å². The van der Waals surface area contributed by atoms with Gasteiger partial charge in [-0.3, -0.25) is 86.5 Å². The molecule has 0 aliphatic carbocycles. The highest BCUT2D eigenvalue weighted by Crippen LogP contribution is 2.23. The Hall–Kier alpha value is -11.2. The minimum Gasteiger partial charge on any atom is -0.480 e. The van der Waals surface area contributed by atoms with Crippen LogP contribution in [0.2, 0.25) is 0 Å². The fourth-order valence-electron chi connectivity index (χ4n) is 13.7. The number of aliphatic imine (C=N–C) groups is 1. The number of primary amides is 2. The standard InChI is InChI=1S/C78H133N23O22/c1-36(2)26-48(90-64(109)46(18-15-23-85-78(82)83)89-72(117)60(41(11)12)97-70(115)54-19-16-24-100(54)75(120)45(79)34-102)66(111)91-49(27-37(3)4)67(112)92-52(30-44-32-84-35-87-44)63(108)86-33-58(107)88-47(21-22-56(80)105)65(110)98-61(42(13)103)74(119)94-51(29-39(7)8)69(114)96-59(40(9)10)73(118)93-50(28-38(5)6)68(113)95-53(31-57(81)106)76(121)101-25-17-20-55(101)71(116)99-62(43(14)104)77(122)123/h32,35-43,45-55,59-62,102-104H,15-31,33-34,79H2,1-14H3,(H2,80,105)(H2,81,106)(H,84,87)(H,86,108)(H,88,107)(H,89,117)(H,90,109)(H,91,111)(H,92,112)(H,93,118)(H,94,119)(H,95,113)(H,96,114)(H,97,115)(H,98,110)(H,99,116)(H,122,123)(H4,82,83,85)/t42-,43-,45+,46+,47+,48+,49+,50+,51+,52+,53+,54+,55+,59+,60+,61+,62+/m1/s1. The molecule has 0 spiro atoms. The SMILES string of the molecule is CC(C)C[C@H](NC(=O)[C@H](CC(C)C)NC(=O)[C@H](CCCN=C(N)N)NC(=O)[C@@H](NC(=O)[C@@H]1CCCN1C(=O)[C@@H](N)CO)C(C)C)C(=O)N[C@@H](Cc1cnc[nH]1)C(=O)NCC(=O)N[C@@H](CCC(N)=O)C(=O)N[C@H](C(=O)N[C@@H](CC(C)C)C(=O)N[C@H](C(=O)N[C@@H](CC(C)C)C(=O)N[C@@H](CC(N)=O)C(=O)N1CCC[C@H]1C(=O)N[C@H](C(=O)O)[C@@H](C)O)C(C)C)[C@@H](C)O. The first-order valence-electron chi connectivity index (χ1n) is 41.6. The molecule has 0 bridgehead atoms. The smallest absolute Gasteiger partial charge is 0.328 e.